The van der Waals surface area contributed by atoms with Gasteiger partial charge in [-0.2, -0.15) is 0 Å². The second-order valence-electron chi connectivity index (χ2n) is 9.88. The molecule has 170 valence electrons. The number of ether oxygens (including phenoxy) is 1. The van der Waals surface area contributed by atoms with Crippen LogP contribution in [0.2, 0.25) is 0 Å². The van der Waals surface area contributed by atoms with E-state index in [1.807, 2.05) is 0 Å². The van der Waals surface area contributed by atoms with Gasteiger partial charge in [0.1, 0.15) is 22.5 Å². The zero-order chi connectivity index (χ0) is 21.7. The van der Waals surface area contributed by atoms with E-state index in [2.05, 4.69) is 29.2 Å². The molecule has 3 fully saturated rings. The van der Waals surface area contributed by atoms with Crippen LogP contribution in [-0.2, 0) is 17.8 Å². The molecule has 2 saturated carbocycles. The van der Waals surface area contributed by atoms with Crippen molar-refractivity contribution in [1.29, 1.82) is 0 Å². The summed E-state index contributed by atoms with van der Waals surface area (Å²) in [5, 5.41) is 11.1. The van der Waals surface area contributed by atoms with Crippen LogP contribution in [0.15, 0.2) is 24.3 Å². The van der Waals surface area contributed by atoms with Crippen LogP contribution >= 0.6 is 11.3 Å². The molecule has 2 aromatic rings. The minimum atomic E-state index is -1.09. The monoisotopic (exact) mass is 453 g/mol. The number of rotatable bonds is 5. The maximum Gasteiger partial charge on any atom is 0.254 e. The van der Waals surface area contributed by atoms with Gasteiger partial charge in [0.05, 0.1) is 12.2 Å². The molecule has 1 N–H and O–H groups in total. The number of amides is 1. The molecule has 0 spiro atoms. The molecule has 32 heavy (non-hydrogen) atoms. The van der Waals surface area contributed by atoms with Crippen LogP contribution in [0, 0.1) is 0 Å². The number of thiazole rings is 1. The lowest BCUT2D eigenvalue weighted by atomic mass is 9.86. The van der Waals surface area contributed by atoms with Crippen LogP contribution in [0.1, 0.15) is 55.5 Å². The van der Waals surface area contributed by atoms with Gasteiger partial charge in [-0.1, -0.05) is 6.42 Å². The first-order chi connectivity index (χ1) is 15.6. The number of carbonyl (C=O) groups excluding carboxylic acids is 1. The summed E-state index contributed by atoms with van der Waals surface area (Å²) in [6.07, 6.45) is 8.65. The molecule has 7 heteroatoms. The molecule has 0 radical (unpaired) electrons. The van der Waals surface area contributed by atoms with Gasteiger partial charge in [0.25, 0.3) is 5.91 Å². The van der Waals surface area contributed by atoms with Gasteiger partial charge in [-0.25, -0.2) is 4.98 Å². The zero-order valence-corrected chi connectivity index (χ0v) is 19.3. The van der Waals surface area contributed by atoms with Gasteiger partial charge >= 0.3 is 0 Å². The first-order valence-corrected chi connectivity index (χ1v) is 12.9. The Balaban J connectivity index is 1.06. The molecule has 1 aromatic heterocycles. The van der Waals surface area contributed by atoms with Crippen LogP contribution in [0.3, 0.4) is 0 Å². The molecule has 2 aliphatic carbocycles. The summed E-state index contributed by atoms with van der Waals surface area (Å²) in [5.41, 5.74) is 1.10. The SMILES string of the molecule is O=C(N1CCc2nc(-c3ccc(O[C@H]4C[C@H](N5CCCCC5)C4)cc3)sc2C1)C1(O)CC1. The van der Waals surface area contributed by atoms with E-state index in [1.165, 1.54) is 32.4 Å². The summed E-state index contributed by atoms with van der Waals surface area (Å²) in [4.78, 5) is 22.9. The minimum absolute atomic E-state index is 0.113. The van der Waals surface area contributed by atoms with Crippen molar-refractivity contribution in [2.45, 2.75) is 75.7 Å². The second-order valence-corrected chi connectivity index (χ2v) is 11.0. The Morgan fingerprint density at radius 1 is 1.09 bits per heavy atom. The Hall–Kier alpha value is -1.96. The molecule has 6 rings (SSSR count). The average molecular weight is 454 g/mol. The van der Waals surface area contributed by atoms with E-state index in [-0.39, 0.29) is 5.91 Å². The third kappa shape index (κ3) is 3.95. The number of aliphatic hydroxyl groups is 1. The van der Waals surface area contributed by atoms with Gasteiger partial charge in [0.2, 0.25) is 0 Å². The van der Waals surface area contributed by atoms with E-state index in [9.17, 15) is 9.90 Å². The fourth-order valence-electron chi connectivity index (χ4n) is 5.20. The lowest BCUT2D eigenvalue weighted by Crippen LogP contribution is -2.50. The highest BCUT2D eigenvalue weighted by Gasteiger charge is 2.50. The van der Waals surface area contributed by atoms with Gasteiger partial charge in [0.15, 0.2) is 0 Å². The topological polar surface area (TPSA) is 65.9 Å². The summed E-state index contributed by atoms with van der Waals surface area (Å²) in [5.74, 6) is 0.824. The third-order valence-electron chi connectivity index (χ3n) is 7.52. The standard InChI is InChI=1S/C25H31N3O3S/c29-24(25(30)9-10-25)28-13-8-21-22(16-28)32-23(26-21)17-4-6-19(7-5-17)31-20-14-18(15-20)27-11-2-1-3-12-27/h4-7,18,20,30H,1-3,8-16H2/t18-,20-. The summed E-state index contributed by atoms with van der Waals surface area (Å²) >= 11 is 1.66. The molecule has 3 heterocycles. The second kappa shape index (κ2) is 8.12. The van der Waals surface area contributed by atoms with E-state index >= 15 is 0 Å². The van der Waals surface area contributed by atoms with E-state index in [0.717, 1.165) is 46.2 Å². The molecule has 0 bridgehead atoms. The molecule has 1 saturated heterocycles. The highest BCUT2D eigenvalue weighted by molar-refractivity contribution is 7.15. The fourth-order valence-corrected chi connectivity index (χ4v) is 6.33. The Kier molecular flexibility index (Phi) is 5.23. The molecule has 4 aliphatic rings. The summed E-state index contributed by atoms with van der Waals surface area (Å²) in [7, 11) is 0. The summed E-state index contributed by atoms with van der Waals surface area (Å²) in [6.45, 7) is 3.73. The highest BCUT2D eigenvalue weighted by atomic mass is 32.1. The number of carbonyl (C=O) groups is 1. The minimum Gasteiger partial charge on any atom is -0.490 e. The Morgan fingerprint density at radius 3 is 2.56 bits per heavy atom. The molecule has 6 nitrogen and oxygen atoms in total. The Morgan fingerprint density at radius 2 is 1.84 bits per heavy atom. The number of hydrogen-bond donors (Lipinski definition) is 1. The van der Waals surface area contributed by atoms with Gasteiger partial charge in [-0.15, -0.1) is 11.3 Å². The maximum atomic E-state index is 12.5. The maximum absolute atomic E-state index is 12.5. The van der Waals surface area contributed by atoms with Gasteiger partial charge in [-0.3, -0.25) is 4.79 Å². The lowest BCUT2D eigenvalue weighted by Gasteiger charge is -2.44. The largest absolute Gasteiger partial charge is 0.490 e. The van der Waals surface area contributed by atoms with Crippen molar-refractivity contribution in [2.24, 2.45) is 0 Å². The number of likely N-dealkylation sites (tertiary alicyclic amines) is 1. The predicted octanol–water partition coefficient (Wildman–Crippen LogP) is 3.62. The third-order valence-corrected chi connectivity index (χ3v) is 8.65. The number of nitrogens with zero attached hydrogens (tertiary/aromatic N) is 3. The van der Waals surface area contributed by atoms with Crippen LogP contribution in [0.25, 0.3) is 10.6 Å². The van der Waals surface area contributed by atoms with Crippen molar-refractivity contribution < 1.29 is 14.6 Å². The number of hydrogen-bond acceptors (Lipinski definition) is 6. The zero-order valence-electron chi connectivity index (χ0n) is 18.5. The molecule has 0 atom stereocenters. The van der Waals surface area contributed by atoms with Crippen molar-refractivity contribution in [1.82, 2.24) is 14.8 Å². The van der Waals surface area contributed by atoms with Gasteiger partial charge in [-0.05, 0) is 63.0 Å². The Labute approximate surface area is 193 Å². The summed E-state index contributed by atoms with van der Waals surface area (Å²) in [6, 6.07) is 9.02. The van der Waals surface area contributed by atoms with E-state index < -0.39 is 5.60 Å². The summed E-state index contributed by atoms with van der Waals surface area (Å²) < 4.78 is 6.21. The molecular weight excluding hydrogens is 422 g/mol. The predicted molar refractivity (Wildman–Crippen MR) is 124 cm³/mol. The number of piperidine rings is 1. The van der Waals surface area contributed by atoms with Crippen LogP contribution in [-0.4, -0.2) is 63.2 Å². The quantitative estimate of drug-likeness (QED) is 0.749. The van der Waals surface area contributed by atoms with Crippen molar-refractivity contribution in [3.05, 3.63) is 34.8 Å². The number of benzene rings is 1. The van der Waals surface area contributed by atoms with Gasteiger partial charge in [0, 0.05) is 42.3 Å². The van der Waals surface area contributed by atoms with Crippen LogP contribution < -0.4 is 4.74 Å². The average Bonchev–Trinajstić information content (AvgIpc) is 3.40. The molecule has 1 aromatic carbocycles. The van der Waals surface area contributed by atoms with Crippen molar-refractivity contribution in [3.63, 3.8) is 0 Å². The van der Waals surface area contributed by atoms with E-state index in [4.69, 9.17) is 9.72 Å². The van der Waals surface area contributed by atoms with Crippen LogP contribution in [0.4, 0.5) is 0 Å². The molecule has 0 unspecified atom stereocenters. The fraction of sp³-hybridized carbons (Fsp3) is 0.600. The van der Waals surface area contributed by atoms with Crippen molar-refractivity contribution in [2.75, 3.05) is 19.6 Å². The Bertz CT molecular complexity index is 988. The van der Waals surface area contributed by atoms with E-state index in [0.29, 0.717) is 38.1 Å². The normalized spacial score (nSPS) is 26.8. The van der Waals surface area contributed by atoms with Crippen molar-refractivity contribution in [3.8, 4) is 16.3 Å². The molecular formula is C25H31N3O3S. The van der Waals surface area contributed by atoms with Crippen LogP contribution in [0.5, 0.6) is 5.75 Å². The van der Waals surface area contributed by atoms with E-state index in [1.54, 1.807) is 16.2 Å². The number of aromatic nitrogens is 1. The highest BCUT2D eigenvalue weighted by Crippen LogP contribution is 2.39. The first-order valence-electron chi connectivity index (χ1n) is 12.1. The van der Waals surface area contributed by atoms with Crippen molar-refractivity contribution >= 4 is 17.2 Å². The molecule has 2 aliphatic heterocycles. The smallest absolute Gasteiger partial charge is 0.254 e. The number of fused-ring (bicyclic) bond motifs is 1. The lowest BCUT2D eigenvalue weighted by molar-refractivity contribution is -0.143. The van der Waals surface area contributed by atoms with Gasteiger partial charge < -0.3 is 19.6 Å². The molecule has 1 amide bonds. The first kappa shape index (κ1) is 20.6.